The number of aryl methyl sites for hydroxylation is 3. The smallest absolute Gasteiger partial charge is 0.244 e. The van der Waals surface area contributed by atoms with Gasteiger partial charge in [-0.05, 0) is 57.4 Å². The van der Waals surface area contributed by atoms with Gasteiger partial charge in [0.15, 0.2) is 0 Å². The summed E-state index contributed by atoms with van der Waals surface area (Å²) in [6.07, 6.45) is 1.13. The number of hydrogen-bond acceptors (Lipinski definition) is 3. The second-order valence-corrected chi connectivity index (χ2v) is 9.03. The number of amides is 1. The highest BCUT2D eigenvalue weighted by molar-refractivity contribution is 7.92. The monoisotopic (exact) mass is 388 g/mol. The molecule has 2 rings (SSSR count). The first-order chi connectivity index (χ1) is 12.5. The van der Waals surface area contributed by atoms with Gasteiger partial charge >= 0.3 is 0 Å². The quantitative estimate of drug-likeness (QED) is 0.821. The molecule has 0 heterocycles. The number of anilines is 1. The molecule has 1 amide bonds. The molecular weight excluding hydrogens is 360 g/mol. The fourth-order valence-electron chi connectivity index (χ4n) is 3.01. The zero-order chi connectivity index (χ0) is 20.4. The van der Waals surface area contributed by atoms with Crippen LogP contribution in [0.25, 0.3) is 0 Å². The van der Waals surface area contributed by atoms with Crippen molar-refractivity contribution in [2.75, 3.05) is 10.6 Å². The Kier molecular flexibility index (Phi) is 6.31. The molecule has 0 saturated heterocycles. The Morgan fingerprint density at radius 2 is 1.52 bits per heavy atom. The third-order valence-corrected chi connectivity index (χ3v) is 5.85. The van der Waals surface area contributed by atoms with Gasteiger partial charge < -0.3 is 5.32 Å². The van der Waals surface area contributed by atoms with Crippen LogP contribution in [0.1, 0.15) is 42.1 Å². The van der Waals surface area contributed by atoms with Gasteiger partial charge in [-0.25, -0.2) is 8.42 Å². The molecule has 0 saturated carbocycles. The summed E-state index contributed by atoms with van der Waals surface area (Å²) in [7, 11) is -3.64. The number of benzene rings is 2. The Morgan fingerprint density at radius 3 is 2.07 bits per heavy atom. The Balaban J connectivity index is 2.30. The SMILES string of the molecule is Cc1ccc([C@@H](C)NC(=O)[C@@H](C)N(c2cc(C)ccc2C)S(C)(=O)=O)cc1. The summed E-state index contributed by atoms with van der Waals surface area (Å²) < 4.78 is 26.2. The van der Waals surface area contributed by atoms with Gasteiger partial charge in [0, 0.05) is 0 Å². The minimum Gasteiger partial charge on any atom is -0.348 e. The maximum Gasteiger partial charge on any atom is 0.244 e. The first-order valence-corrected chi connectivity index (χ1v) is 10.8. The molecule has 0 spiro atoms. The molecule has 2 aromatic rings. The first kappa shape index (κ1) is 21.0. The van der Waals surface area contributed by atoms with Crippen molar-refractivity contribution in [3.8, 4) is 0 Å². The van der Waals surface area contributed by atoms with Crippen molar-refractivity contribution in [3.63, 3.8) is 0 Å². The van der Waals surface area contributed by atoms with E-state index in [1.54, 1.807) is 13.0 Å². The van der Waals surface area contributed by atoms with Crippen molar-refractivity contribution in [1.82, 2.24) is 5.32 Å². The summed E-state index contributed by atoms with van der Waals surface area (Å²) in [5.41, 5.74) is 4.38. The van der Waals surface area contributed by atoms with E-state index >= 15 is 0 Å². The molecule has 0 radical (unpaired) electrons. The topological polar surface area (TPSA) is 66.5 Å². The van der Waals surface area contributed by atoms with Crippen molar-refractivity contribution in [3.05, 3.63) is 64.7 Å². The Morgan fingerprint density at radius 1 is 0.963 bits per heavy atom. The van der Waals surface area contributed by atoms with Crippen LogP contribution in [0.5, 0.6) is 0 Å². The van der Waals surface area contributed by atoms with Crippen LogP contribution in [0.4, 0.5) is 5.69 Å². The normalized spacial score (nSPS) is 13.7. The molecule has 0 unspecified atom stereocenters. The lowest BCUT2D eigenvalue weighted by Crippen LogP contribution is -2.48. The highest BCUT2D eigenvalue weighted by Crippen LogP contribution is 2.26. The molecule has 0 fully saturated rings. The van der Waals surface area contributed by atoms with Crippen LogP contribution in [0.3, 0.4) is 0 Å². The third kappa shape index (κ3) is 5.10. The van der Waals surface area contributed by atoms with Crippen molar-refractivity contribution in [2.45, 2.75) is 46.7 Å². The van der Waals surface area contributed by atoms with Gasteiger partial charge in [-0.2, -0.15) is 0 Å². The lowest BCUT2D eigenvalue weighted by Gasteiger charge is -2.30. The molecule has 27 heavy (non-hydrogen) atoms. The molecule has 0 aromatic heterocycles. The fourth-order valence-corrected chi connectivity index (χ4v) is 4.23. The van der Waals surface area contributed by atoms with Gasteiger partial charge in [0.1, 0.15) is 6.04 Å². The van der Waals surface area contributed by atoms with Gasteiger partial charge in [0.25, 0.3) is 0 Å². The summed E-state index contributed by atoms with van der Waals surface area (Å²) >= 11 is 0. The third-order valence-electron chi connectivity index (χ3n) is 4.63. The van der Waals surface area contributed by atoms with E-state index in [1.807, 2.05) is 64.1 Å². The Bertz CT molecular complexity index is 921. The van der Waals surface area contributed by atoms with Crippen LogP contribution >= 0.6 is 0 Å². The molecule has 0 aliphatic carbocycles. The lowest BCUT2D eigenvalue weighted by molar-refractivity contribution is -0.122. The number of carbonyl (C=O) groups excluding carboxylic acids is 1. The second kappa shape index (κ2) is 8.13. The van der Waals surface area contributed by atoms with E-state index in [-0.39, 0.29) is 11.9 Å². The molecule has 6 heteroatoms. The molecule has 1 N–H and O–H groups in total. The molecule has 146 valence electrons. The number of carbonyl (C=O) groups is 1. The maximum atomic E-state index is 12.8. The summed E-state index contributed by atoms with van der Waals surface area (Å²) in [6.45, 7) is 9.24. The zero-order valence-corrected chi connectivity index (χ0v) is 17.6. The average molecular weight is 389 g/mol. The zero-order valence-electron chi connectivity index (χ0n) is 16.8. The lowest BCUT2D eigenvalue weighted by atomic mass is 10.1. The average Bonchev–Trinajstić information content (AvgIpc) is 2.57. The van der Waals surface area contributed by atoms with Gasteiger partial charge in [0.05, 0.1) is 18.0 Å². The minimum absolute atomic E-state index is 0.222. The molecular formula is C21H28N2O3S. The summed E-state index contributed by atoms with van der Waals surface area (Å²) in [5, 5.41) is 2.93. The number of nitrogens with zero attached hydrogens (tertiary/aromatic N) is 1. The predicted molar refractivity (Wildman–Crippen MR) is 110 cm³/mol. The van der Waals surface area contributed by atoms with Crippen molar-refractivity contribution >= 4 is 21.6 Å². The van der Waals surface area contributed by atoms with E-state index < -0.39 is 16.1 Å². The molecule has 5 nitrogen and oxygen atoms in total. The van der Waals surface area contributed by atoms with E-state index in [0.717, 1.165) is 28.5 Å². The van der Waals surface area contributed by atoms with Gasteiger partial charge in [0.2, 0.25) is 15.9 Å². The Labute approximate surface area is 162 Å². The predicted octanol–water partition coefficient (Wildman–Crippen LogP) is 3.64. The van der Waals surface area contributed by atoms with E-state index in [0.29, 0.717) is 5.69 Å². The van der Waals surface area contributed by atoms with Crippen LogP contribution in [0, 0.1) is 20.8 Å². The Hall–Kier alpha value is -2.34. The molecule has 2 atom stereocenters. The summed E-state index contributed by atoms with van der Waals surface area (Å²) in [6, 6.07) is 12.4. The highest BCUT2D eigenvalue weighted by Gasteiger charge is 2.30. The van der Waals surface area contributed by atoms with Crippen molar-refractivity contribution < 1.29 is 13.2 Å². The fraction of sp³-hybridized carbons (Fsp3) is 0.381. The molecule has 2 aromatic carbocycles. The van der Waals surface area contributed by atoms with E-state index in [4.69, 9.17) is 0 Å². The summed E-state index contributed by atoms with van der Waals surface area (Å²) in [4.78, 5) is 12.8. The van der Waals surface area contributed by atoms with Gasteiger partial charge in [-0.3, -0.25) is 9.10 Å². The van der Waals surface area contributed by atoms with Gasteiger partial charge in [-0.15, -0.1) is 0 Å². The van der Waals surface area contributed by atoms with Crippen LogP contribution in [0.2, 0.25) is 0 Å². The number of nitrogens with one attached hydrogen (secondary N) is 1. The van der Waals surface area contributed by atoms with Crippen LogP contribution < -0.4 is 9.62 Å². The van der Waals surface area contributed by atoms with Gasteiger partial charge in [-0.1, -0.05) is 42.0 Å². The number of sulfonamides is 1. The maximum absolute atomic E-state index is 12.8. The molecule has 0 aliphatic rings. The van der Waals surface area contributed by atoms with Crippen molar-refractivity contribution in [2.24, 2.45) is 0 Å². The van der Waals surface area contributed by atoms with E-state index in [1.165, 1.54) is 4.31 Å². The first-order valence-electron chi connectivity index (χ1n) is 8.94. The van der Waals surface area contributed by atoms with Crippen LogP contribution in [-0.2, 0) is 14.8 Å². The number of rotatable bonds is 6. The largest absolute Gasteiger partial charge is 0.348 e. The summed E-state index contributed by atoms with van der Waals surface area (Å²) in [5.74, 6) is -0.339. The van der Waals surface area contributed by atoms with E-state index in [9.17, 15) is 13.2 Å². The minimum atomic E-state index is -3.64. The standard InChI is InChI=1S/C21H28N2O3S/c1-14-8-11-19(12-9-14)17(4)22-21(24)18(5)23(27(6,25)26)20-13-15(2)7-10-16(20)3/h7-13,17-18H,1-6H3,(H,22,24)/t17-,18-/m1/s1. The highest BCUT2D eigenvalue weighted by atomic mass is 32.2. The molecule has 0 aliphatic heterocycles. The van der Waals surface area contributed by atoms with Crippen LogP contribution in [0.15, 0.2) is 42.5 Å². The van der Waals surface area contributed by atoms with Crippen molar-refractivity contribution in [1.29, 1.82) is 0 Å². The van der Waals surface area contributed by atoms with Crippen LogP contribution in [-0.4, -0.2) is 26.6 Å². The number of hydrogen-bond donors (Lipinski definition) is 1. The van der Waals surface area contributed by atoms with E-state index in [2.05, 4.69) is 5.32 Å². The second-order valence-electron chi connectivity index (χ2n) is 7.17. The molecule has 0 bridgehead atoms.